The van der Waals surface area contributed by atoms with Crippen molar-refractivity contribution in [1.29, 1.82) is 0 Å². The fourth-order valence-electron chi connectivity index (χ4n) is 2.17. The van der Waals surface area contributed by atoms with Gasteiger partial charge in [0.1, 0.15) is 0 Å². The molecule has 0 radical (unpaired) electrons. The third-order valence-electron chi connectivity index (χ3n) is 3.37. The number of hydrogen-bond acceptors (Lipinski definition) is 3. The summed E-state index contributed by atoms with van der Waals surface area (Å²) < 4.78 is 5.63. The summed E-state index contributed by atoms with van der Waals surface area (Å²) in [6, 6.07) is 0.611. The normalized spacial score (nSPS) is 36.5. The molecule has 1 aliphatic heterocycles. The molecule has 0 bridgehead atoms. The second kappa shape index (κ2) is 4.40. The molecule has 13 heavy (non-hydrogen) atoms. The monoisotopic (exact) mass is 186 g/mol. The second-order valence-electron chi connectivity index (χ2n) is 4.21. The van der Waals surface area contributed by atoms with E-state index in [1.807, 2.05) is 7.11 Å². The number of nitrogens with two attached hydrogens (primary N) is 1. The Balaban J connectivity index is 2.57. The third kappa shape index (κ3) is 2.42. The van der Waals surface area contributed by atoms with Gasteiger partial charge >= 0.3 is 0 Å². The summed E-state index contributed by atoms with van der Waals surface area (Å²) in [4.78, 5) is 2.38. The highest BCUT2D eigenvalue weighted by atomic mass is 16.5. The summed E-state index contributed by atoms with van der Waals surface area (Å²) >= 11 is 0. The molecule has 1 saturated heterocycles. The Hall–Kier alpha value is -0.120. The molecule has 0 aromatic carbocycles. The maximum absolute atomic E-state index is 5.63. The second-order valence-corrected chi connectivity index (χ2v) is 4.21. The number of nitrogens with zero attached hydrogens (tertiary/aromatic N) is 1. The Morgan fingerprint density at radius 1 is 1.62 bits per heavy atom. The van der Waals surface area contributed by atoms with E-state index >= 15 is 0 Å². The molecule has 0 aromatic heterocycles. The Kier molecular flexibility index (Phi) is 3.71. The molecule has 0 aliphatic carbocycles. The first kappa shape index (κ1) is 11.0. The fourth-order valence-corrected chi connectivity index (χ4v) is 2.17. The standard InChI is InChI=1S/C10H22N2O/c1-9-8-10(13-3,4-6-11)5-7-12(9)2/h9H,4-8,11H2,1-3H3. The lowest BCUT2D eigenvalue weighted by Gasteiger charge is -2.43. The zero-order valence-corrected chi connectivity index (χ0v) is 9.05. The van der Waals surface area contributed by atoms with Crippen LogP contribution in [0.2, 0.25) is 0 Å². The molecule has 1 aliphatic rings. The van der Waals surface area contributed by atoms with Gasteiger partial charge in [0.05, 0.1) is 5.60 Å². The van der Waals surface area contributed by atoms with Gasteiger partial charge in [-0.05, 0) is 39.8 Å². The summed E-state index contributed by atoms with van der Waals surface area (Å²) in [5.74, 6) is 0. The van der Waals surface area contributed by atoms with Crippen molar-refractivity contribution in [1.82, 2.24) is 4.90 Å². The van der Waals surface area contributed by atoms with E-state index in [2.05, 4.69) is 18.9 Å². The van der Waals surface area contributed by atoms with Crippen molar-refractivity contribution in [2.45, 2.75) is 37.8 Å². The molecular weight excluding hydrogens is 164 g/mol. The fraction of sp³-hybridized carbons (Fsp3) is 1.00. The van der Waals surface area contributed by atoms with Gasteiger partial charge in [-0.1, -0.05) is 0 Å². The molecule has 1 heterocycles. The molecule has 0 aromatic rings. The van der Waals surface area contributed by atoms with Crippen LogP contribution in [0.3, 0.4) is 0 Å². The van der Waals surface area contributed by atoms with Crippen LogP contribution >= 0.6 is 0 Å². The maximum atomic E-state index is 5.63. The number of likely N-dealkylation sites (tertiary alicyclic amines) is 1. The van der Waals surface area contributed by atoms with E-state index in [0.717, 1.165) is 32.4 Å². The lowest BCUT2D eigenvalue weighted by Crippen LogP contribution is -2.49. The highest BCUT2D eigenvalue weighted by molar-refractivity contribution is 4.90. The van der Waals surface area contributed by atoms with Gasteiger partial charge in [0.15, 0.2) is 0 Å². The Labute approximate surface area is 81.2 Å². The van der Waals surface area contributed by atoms with Crippen molar-refractivity contribution in [2.75, 3.05) is 27.2 Å². The van der Waals surface area contributed by atoms with Crippen molar-refractivity contribution in [2.24, 2.45) is 5.73 Å². The van der Waals surface area contributed by atoms with Gasteiger partial charge in [-0.25, -0.2) is 0 Å². The lowest BCUT2D eigenvalue weighted by atomic mass is 9.84. The zero-order chi connectivity index (χ0) is 9.90. The van der Waals surface area contributed by atoms with Crippen molar-refractivity contribution < 1.29 is 4.74 Å². The van der Waals surface area contributed by atoms with Crippen molar-refractivity contribution in [3.8, 4) is 0 Å². The number of hydrogen-bond donors (Lipinski definition) is 1. The average Bonchev–Trinajstić information content (AvgIpc) is 2.12. The van der Waals surface area contributed by atoms with Crippen LogP contribution < -0.4 is 5.73 Å². The molecule has 0 amide bonds. The quantitative estimate of drug-likeness (QED) is 0.709. The summed E-state index contributed by atoms with van der Waals surface area (Å²) in [6.07, 6.45) is 3.21. The molecule has 0 spiro atoms. The number of piperidine rings is 1. The van der Waals surface area contributed by atoms with Gasteiger partial charge in [0.2, 0.25) is 0 Å². The summed E-state index contributed by atoms with van der Waals surface area (Å²) in [5, 5.41) is 0. The van der Waals surface area contributed by atoms with Crippen LogP contribution in [0.25, 0.3) is 0 Å². The van der Waals surface area contributed by atoms with Gasteiger partial charge in [-0.15, -0.1) is 0 Å². The summed E-state index contributed by atoms with van der Waals surface area (Å²) in [6.45, 7) is 4.10. The van der Waals surface area contributed by atoms with Crippen molar-refractivity contribution >= 4 is 0 Å². The topological polar surface area (TPSA) is 38.5 Å². The van der Waals surface area contributed by atoms with Crippen LogP contribution in [-0.4, -0.2) is 43.8 Å². The van der Waals surface area contributed by atoms with Gasteiger partial charge in [-0.2, -0.15) is 0 Å². The number of methoxy groups -OCH3 is 1. The van der Waals surface area contributed by atoms with E-state index in [9.17, 15) is 0 Å². The highest BCUT2D eigenvalue weighted by Crippen LogP contribution is 2.31. The van der Waals surface area contributed by atoms with Gasteiger partial charge in [0, 0.05) is 19.7 Å². The minimum Gasteiger partial charge on any atom is -0.378 e. The predicted molar refractivity (Wildman–Crippen MR) is 54.7 cm³/mol. The van der Waals surface area contributed by atoms with Crippen molar-refractivity contribution in [3.63, 3.8) is 0 Å². The molecule has 78 valence electrons. The first-order valence-corrected chi connectivity index (χ1v) is 5.09. The largest absolute Gasteiger partial charge is 0.378 e. The van der Waals surface area contributed by atoms with Crippen LogP contribution in [-0.2, 0) is 4.74 Å². The highest BCUT2D eigenvalue weighted by Gasteiger charge is 2.36. The maximum Gasteiger partial charge on any atom is 0.0717 e. The minimum atomic E-state index is 0.0562. The Morgan fingerprint density at radius 3 is 2.77 bits per heavy atom. The van der Waals surface area contributed by atoms with Crippen LogP contribution in [0.1, 0.15) is 26.2 Å². The molecule has 2 unspecified atom stereocenters. The van der Waals surface area contributed by atoms with Gasteiger partial charge < -0.3 is 15.4 Å². The molecule has 3 heteroatoms. The smallest absolute Gasteiger partial charge is 0.0717 e. The third-order valence-corrected chi connectivity index (χ3v) is 3.37. The molecular formula is C10H22N2O. The molecule has 1 rings (SSSR count). The number of rotatable bonds is 3. The Bertz CT molecular complexity index is 163. The van der Waals surface area contributed by atoms with Gasteiger partial charge in [-0.3, -0.25) is 0 Å². The molecule has 0 saturated carbocycles. The van der Waals surface area contributed by atoms with Crippen LogP contribution in [0.5, 0.6) is 0 Å². The van der Waals surface area contributed by atoms with E-state index < -0.39 is 0 Å². The SMILES string of the molecule is COC1(CCN)CCN(C)C(C)C1. The van der Waals surface area contributed by atoms with Crippen molar-refractivity contribution in [3.05, 3.63) is 0 Å². The molecule has 2 atom stereocenters. The van der Waals surface area contributed by atoms with Gasteiger partial charge in [0.25, 0.3) is 0 Å². The molecule has 2 N–H and O–H groups in total. The predicted octanol–water partition coefficient (Wildman–Crippen LogP) is 0.835. The lowest BCUT2D eigenvalue weighted by molar-refractivity contribution is -0.0724. The molecule has 3 nitrogen and oxygen atoms in total. The number of ether oxygens (including phenoxy) is 1. The van der Waals surface area contributed by atoms with E-state index in [-0.39, 0.29) is 5.60 Å². The summed E-state index contributed by atoms with van der Waals surface area (Å²) in [7, 11) is 3.99. The van der Waals surface area contributed by atoms with E-state index in [1.54, 1.807) is 0 Å². The minimum absolute atomic E-state index is 0.0562. The molecule has 1 fully saturated rings. The van der Waals surface area contributed by atoms with E-state index in [0.29, 0.717) is 6.04 Å². The first-order chi connectivity index (χ1) is 6.13. The van der Waals surface area contributed by atoms with Crippen LogP contribution in [0, 0.1) is 0 Å². The van der Waals surface area contributed by atoms with Crippen LogP contribution in [0.4, 0.5) is 0 Å². The van der Waals surface area contributed by atoms with E-state index in [4.69, 9.17) is 10.5 Å². The average molecular weight is 186 g/mol. The zero-order valence-electron chi connectivity index (χ0n) is 9.05. The van der Waals surface area contributed by atoms with Crippen LogP contribution in [0.15, 0.2) is 0 Å². The summed E-state index contributed by atoms with van der Waals surface area (Å²) in [5.41, 5.74) is 5.66. The first-order valence-electron chi connectivity index (χ1n) is 5.09. The van der Waals surface area contributed by atoms with E-state index in [1.165, 1.54) is 0 Å². The Morgan fingerprint density at radius 2 is 2.31 bits per heavy atom.